The van der Waals surface area contributed by atoms with Crippen molar-refractivity contribution in [3.63, 3.8) is 0 Å². The summed E-state index contributed by atoms with van der Waals surface area (Å²) in [5.74, 6) is 0.935. The predicted molar refractivity (Wildman–Crippen MR) is 124 cm³/mol. The number of rotatable bonds is 7. The Hall–Kier alpha value is -2.31. The zero-order chi connectivity index (χ0) is 23.2. The monoisotopic (exact) mass is 447 g/mol. The summed E-state index contributed by atoms with van der Waals surface area (Å²) in [6, 6.07) is 9.10. The van der Waals surface area contributed by atoms with Crippen LogP contribution in [0.1, 0.15) is 59.1 Å². The zero-order valence-electron chi connectivity index (χ0n) is 19.4. The van der Waals surface area contributed by atoms with Crippen LogP contribution < -0.4 is 10.5 Å². The van der Waals surface area contributed by atoms with Crippen molar-refractivity contribution in [2.45, 2.75) is 66.7 Å². The van der Waals surface area contributed by atoms with Crippen molar-refractivity contribution in [1.29, 1.82) is 0 Å². The van der Waals surface area contributed by atoms with Crippen LogP contribution in [0.25, 0.3) is 0 Å². The van der Waals surface area contributed by atoms with Crippen molar-refractivity contribution in [2.24, 2.45) is 11.1 Å². The Balaban J connectivity index is 2.13. The molecule has 1 heterocycles. The molecule has 2 rings (SSSR count). The van der Waals surface area contributed by atoms with Crippen molar-refractivity contribution in [3.05, 3.63) is 52.7 Å². The Kier molecular flexibility index (Phi) is 8.32. The second kappa shape index (κ2) is 10.3. The standard InChI is InChI=1S/C24H34ClN3O3/c1-23(2,3)11-12-28(22(29)31-24(4,5)6)16-17-7-9-20(19(25)13-17)30-21-10-8-18(14-26)15-27-21/h7-10,13,15H,11-12,14,16,26H2,1-6H3. The molecular weight excluding hydrogens is 414 g/mol. The molecule has 7 heteroatoms. The highest BCUT2D eigenvalue weighted by Crippen LogP contribution is 2.30. The highest BCUT2D eigenvalue weighted by Gasteiger charge is 2.24. The first-order valence-electron chi connectivity index (χ1n) is 10.5. The first kappa shape index (κ1) is 25.0. The average molecular weight is 448 g/mol. The number of nitrogens with zero attached hydrogens (tertiary/aromatic N) is 2. The molecule has 2 aromatic rings. The minimum atomic E-state index is -0.557. The molecule has 0 radical (unpaired) electrons. The number of aromatic nitrogens is 1. The number of nitrogens with two attached hydrogens (primary N) is 1. The first-order valence-corrected chi connectivity index (χ1v) is 10.8. The second-order valence-corrected chi connectivity index (χ2v) is 10.2. The van der Waals surface area contributed by atoms with Gasteiger partial charge in [-0.2, -0.15) is 0 Å². The molecule has 0 spiro atoms. The number of ether oxygens (including phenoxy) is 2. The zero-order valence-corrected chi connectivity index (χ0v) is 20.1. The van der Waals surface area contributed by atoms with Crippen LogP contribution in [0.3, 0.4) is 0 Å². The van der Waals surface area contributed by atoms with Crippen LogP contribution in [-0.4, -0.2) is 28.1 Å². The van der Waals surface area contributed by atoms with E-state index in [1.807, 2.05) is 32.9 Å². The lowest BCUT2D eigenvalue weighted by Crippen LogP contribution is -2.38. The summed E-state index contributed by atoms with van der Waals surface area (Å²) >= 11 is 6.45. The highest BCUT2D eigenvalue weighted by atomic mass is 35.5. The SMILES string of the molecule is CC(C)(C)CCN(Cc1ccc(Oc2ccc(CN)cn2)c(Cl)c1)C(=O)OC(C)(C)C. The molecule has 0 atom stereocenters. The van der Waals surface area contributed by atoms with E-state index in [0.29, 0.717) is 36.3 Å². The number of hydrogen-bond acceptors (Lipinski definition) is 5. The summed E-state index contributed by atoms with van der Waals surface area (Å²) in [5, 5.41) is 0.446. The molecule has 0 saturated heterocycles. The van der Waals surface area contributed by atoms with Crippen LogP contribution in [0.5, 0.6) is 11.6 Å². The number of hydrogen-bond donors (Lipinski definition) is 1. The molecule has 0 saturated carbocycles. The third-order valence-electron chi connectivity index (χ3n) is 4.40. The third kappa shape index (κ3) is 8.75. The summed E-state index contributed by atoms with van der Waals surface area (Å²) in [5.41, 5.74) is 6.95. The Labute approximate surface area is 190 Å². The van der Waals surface area contributed by atoms with Crippen LogP contribution in [0.2, 0.25) is 5.02 Å². The number of amides is 1. The lowest BCUT2D eigenvalue weighted by atomic mass is 9.92. The molecule has 170 valence electrons. The molecule has 31 heavy (non-hydrogen) atoms. The normalized spacial score (nSPS) is 11.9. The number of carbonyl (C=O) groups is 1. The summed E-state index contributed by atoms with van der Waals surface area (Å²) in [6.45, 7) is 13.5. The molecule has 0 aliphatic carbocycles. The van der Waals surface area contributed by atoms with E-state index >= 15 is 0 Å². The molecular formula is C24H34ClN3O3. The van der Waals surface area contributed by atoms with Crippen LogP contribution in [0.15, 0.2) is 36.5 Å². The number of halogens is 1. The van der Waals surface area contributed by atoms with Crippen LogP contribution in [0.4, 0.5) is 4.79 Å². The van der Waals surface area contributed by atoms with E-state index in [-0.39, 0.29) is 11.5 Å². The fourth-order valence-corrected chi connectivity index (χ4v) is 2.92. The summed E-state index contributed by atoms with van der Waals surface area (Å²) in [7, 11) is 0. The minimum Gasteiger partial charge on any atom is -0.444 e. The number of pyridine rings is 1. The van der Waals surface area contributed by atoms with E-state index < -0.39 is 5.60 Å². The molecule has 1 aromatic heterocycles. The largest absolute Gasteiger partial charge is 0.444 e. The smallest absolute Gasteiger partial charge is 0.410 e. The molecule has 0 aliphatic heterocycles. The van der Waals surface area contributed by atoms with Gasteiger partial charge in [0.25, 0.3) is 0 Å². The fraction of sp³-hybridized carbons (Fsp3) is 0.500. The molecule has 2 N–H and O–H groups in total. The number of benzene rings is 1. The van der Waals surface area contributed by atoms with Crippen LogP contribution >= 0.6 is 11.6 Å². The molecule has 1 amide bonds. The molecule has 0 unspecified atom stereocenters. The van der Waals surface area contributed by atoms with Gasteiger partial charge in [0.2, 0.25) is 5.88 Å². The van der Waals surface area contributed by atoms with Gasteiger partial charge in [-0.3, -0.25) is 0 Å². The van der Waals surface area contributed by atoms with E-state index in [1.54, 1.807) is 29.3 Å². The predicted octanol–water partition coefficient (Wildman–Crippen LogP) is 6.16. The highest BCUT2D eigenvalue weighted by molar-refractivity contribution is 6.32. The third-order valence-corrected chi connectivity index (χ3v) is 4.70. The minimum absolute atomic E-state index is 0.0993. The van der Waals surface area contributed by atoms with Crippen LogP contribution in [0, 0.1) is 5.41 Å². The lowest BCUT2D eigenvalue weighted by molar-refractivity contribution is 0.0215. The average Bonchev–Trinajstić information content (AvgIpc) is 2.65. The van der Waals surface area contributed by atoms with Gasteiger partial charge in [0.05, 0.1) is 5.02 Å². The Morgan fingerprint density at radius 2 is 1.77 bits per heavy atom. The van der Waals surface area contributed by atoms with E-state index in [2.05, 4.69) is 25.8 Å². The van der Waals surface area contributed by atoms with Gasteiger partial charge >= 0.3 is 6.09 Å². The van der Waals surface area contributed by atoms with Crippen molar-refractivity contribution in [1.82, 2.24) is 9.88 Å². The Morgan fingerprint density at radius 1 is 1.10 bits per heavy atom. The van der Waals surface area contributed by atoms with Crippen LogP contribution in [-0.2, 0) is 17.8 Å². The fourth-order valence-electron chi connectivity index (χ4n) is 2.68. The van der Waals surface area contributed by atoms with E-state index in [9.17, 15) is 4.79 Å². The van der Waals surface area contributed by atoms with Gasteiger partial charge in [-0.1, -0.05) is 44.5 Å². The molecule has 1 aromatic carbocycles. The maximum atomic E-state index is 12.8. The summed E-state index contributed by atoms with van der Waals surface area (Å²) in [4.78, 5) is 18.7. The summed E-state index contributed by atoms with van der Waals surface area (Å²) < 4.78 is 11.4. The van der Waals surface area contributed by atoms with E-state index in [0.717, 1.165) is 17.5 Å². The molecule has 0 fully saturated rings. The van der Waals surface area contributed by atoms with Gasteiger partial charge in [-0.25, -0.2) is 9.78 Å². The van der Waals surface area contributed by atoms with E-state index in [4.69, 9.17) is 26.8 Å². The van der Waals surface area contributed by atoms with Gasteiger partial charge in [-0.05, 0) is 55.9 Å². The number of carbonyl (C=O) groups excluding carboxylic acids is 1. The van der Waals surface area contributed by atoms with Crippen molar-refractivity contribution in [3.8, 4) is 11.6 Å². The Morgan fingerprint density at radius 3 is 2.29 bits per heavy atom. The molecule has 0 bridgehead atoms. The first-order chi connectivity index (χ1) is 14.4. The van der Waals surface area contributed by atoms with Gasteiger partial charge in [0, 0.05) is 31.9 Å². The van der Waals surface area contributed by atoms with Crippen molar-refractivity contribution < 1.29 is 14.3 Å². The van der Waals surface area contributed by atoms with Gasteiger partial charge < -0.3 is 20.1 Å². The second-order valence-electron chi connectivity index (χ2n) is 9.79. The topological polar surface area (TPSA) is 77.7 Å². The van der Waals surface area contributed by atoms with Gasteiger partial charge in [0.1, 0.15) is 11.4 Å². The van der Waals surface area contributed by atoms with Gasteiger partial charge in [-0.15, -0.1) is 0 Å². The lowest BCUT2D eigenvalue weighted by Gasteiger charge is -2.30. The maximum Gasteiger partial charge on any atom is 0.410 e. The van der Waals surface area contributed by atoms with Crippen molar-refractivity contribution in [2.75, 3.05) is 6.54 Å². The van der Waals surface area contributed by atoms with Crippen molar-refractivity contribution >= 4 is 17.7 Å². The summed E-state index contributed by atoms with van der Waals surface area (Å²) in [6.07, 6.45) is 2.19. The van der Waals surface area contributed by atoms with E-state index in [1.165, 1.54) is 0 Å². The molecule has 6 nitrogen and oxygen atoms in total. The molecule has 0 aliphatic rings. The maximum absolute atomic E-state index is 12.8. The quantitative estimate of drug-likeness (QED) is 0.549. The van der Waals surface area contributed by atoms with Gasteiger partial charge in [0.15, 0.2) is 0 Å². The Bertz CT molecular complexity index is 871.